The third kappa shape index (κ3) is 7.33. The van der Waals surface area contributed by atoms with Gasteiger partial charge in [0, 0.05) is 6.61 Å². The number of hydrogen-bond acceptors (Lipinski definition) is 1. The summed E-state index contributed by atoms with van der Waals surface area (Å²) in [7, 11) is 0. The van der Waals surface area contributed by atoms with E-state index in [0.29, 0.717) is 6.10 Å². The van der Waals surface area contributed by atoms with Gasteiger partial charge in [-0.1, -0.05) is 78.1 Å². The fraction of sp³-hybridized carbons (Fsp3) is 1.00. The Morgan fingerprint density at radius 1 is 0.536 bits per heavy atom. The Morgan fingerprint density at radius 3 is 1.68 bits per heavy atom. The summed E-state index contributed by atoms with van der Waals surface area (Å²) < 4.78 is 6.43. The monoisotopic (exact) mass is 390 g/mol. The maximum atomic E-state index is 6.43. The van der Waals surface area contributed by atoms with Crippen LogP contribution in [-0.2, 0) is 4.74 Å². The Hall–Kier alpha value is -0.0400. The van der Waals surface area contributed by atoms with E-state index in [4.69, 9.17) is 4.74 Å². The zero-order chi connectivity index (χ0) is 19.6. The summed E-state index contributed by atoms with van der Waals surface area (Å²) in [4.78, 5) is 0. The minimum atomic E-state index is 0.593. The van der Waals surface area contributed by atoms with Crippen LogP contribution in [0.4, 0.5) is 0 Å². The number of hydrogen-bond donors (Lipinski definition) is 0. The molecule has 0 aromatic heterocycles. The van der Waals surface area contributed by atoms with Crippen molar-refractivity contribution < 1.29 is 4.74 Å². The first-order valence-corrected chi connectivity index (χ1v) is 13.4. The van der Waals surface area contributed by atoms with Crippen molar-refractivity contribution in [3.05, 3.63) is 0 Å². The number of ether oxygens (including phenoxy) is 1. The van der Waals surface area contributed by atoms with Gasteiger partial charge in [0.1, 0.15) is 0 Å². The van der Waals surface area contributed by atoms with Crippen molar-refractivity contribution in [2.24, 2.45) is 29.6 Å². The quantitative estimate of drug-likeness (QED) is 0.339. The second-order valence-corrected chi connectivity index (χ2v) is 10.8. The summed E-state index contributed by atoms with van der Waals surface area (Å²) in [6, 6.07) is 0. The van der Waals surface area contributed by atoms with Gasteiger partial charge in [-0.2, -0.15) is 0 Å². The van der Waals surface area contributed by atoms with Crippen LogP contribution in [0.5, 0.6) is 0 Å². The van der Waals surface area contributed by atoms with Gasteiger partial charge >= 0.3 is 0 Å². The molecule has 1 heteroatoms. The molecule has 0 aromatic rings. The van der Waals surface area contributed by atoms with E-state index in [1.807, 2.05) is 0 Å². The summed E-state index contributed by atoms with van der Waals surface area (Å²) in [5.74, 6) is 5.04. The van der Waals surface area contributed by atoms with E-state index in [9.17, 15) is 0 Å². The summed E-state index contributed by atoms with van der Waals surface area (Å²) in [6.07, 6.45) is 26.8. The van der Waals surface area contributed by atoms with Gasteiger partial charge in [-0.15, -0.1) is 0 Å². The fourth-order valence-electron chi connectivity index (χ4n) is 6.73. The SMILES string of the molecule is CCCCCC1CCC(C2CCC(OCC3CCC(CCC)CC3)CC2)CC1. The van der Waals surface area contributed by atoms with Gasteiger partial charge in [-0.25, -0.2) is 0 Å². The highest BCUT2D eigenvalue weighted by molar-refractivity contribution is 4.83. The van der Waals surface area contributed by atoms with Gasteiger partial charge in [0.2, 0.25) is 0 Å². The van der Waals surface area contributed by atoms with Crippen LogP contribution in [0.1, 0.15) is 129 Å². The standard InChI is InChI=1S/C27H50O/c1-3-5-6-8-23-13-15-25(16-14-23)26-17-19-27(20-18-26)28-21-24-11-9-22(7-4-2)10-12-24/h22-27H,3-21H2,1-2H3. The van der Waals surface area contributed by atoms with Crippen molar-refractivity contribution in [3.8, 4) is 0 Å². The molecule has 0 bridgehead atoms. The molecule has 0 saturated heterocycles. The van der Waals surface area contributed by atoms with Crippen molar-refractivity contribution in [2.45, 2.75) is 136 Å². The molecular weight excluding hydrogens is 340 g/mol. The molecule has 0 atom stereocenters. The maximum Gasteiger partial charge on any atom is 0.0575 e. The first-order chi connectivity index (χ1) is 13.8. The first kappa shape index (κ1) is 22.6. The van der Waals surface area contributed by atoms with Crippen LogP contribution in [0.25, 0.3) is 0 Å². The van der Waals surface area contributed by atoms with E-state index in [2.05, 4.69) is 13.8 Å². The van der Waals surface area contributed by atoms with Crippen molar-refractivity contribution in [3.63, 3.8) is 0 Å². The summed E-state index contributed by atoms with van der Waals surface area (Å²) in [5, 5.41) is 0. The molecule has 3 fully saturated rings. The summed E-state index contributed by atoms with van der Waals surface area (Å²) in [5.41, 5.74) is 0. The zero-order valence-electron chi connectivity index (χ0n) is 19.3. The lowest BCUT2D eigenvalue weighted by atomic mass is 9.70. The van der Waals surface area contributed by atoms with Crippen LogP contribution in [0.15, 0.2) is 0 Å². The van der Waals surface area contributed by atoms with Gasteiger partial charge in [-0.3, -0.25) is 0 Å². The van der Waals surface area contributed by atoms with Crippen LogP contribution in [0.3, 0.4) is 0 Å². The van der Waals surface area contributed by atoms with Crippen LogP contribution in [0.2, 0.25) is 0 Å². The molecule has 0 heterocycles. The second-order valence-electron chi connectivity index (χ2n) is 10.8. The van der Waals surface area contributed by atoms with Crippen LogP contribution in [-0.4, -0.2) is 12.7 Å². The molecule has 0 amide bonds. The Balaban J connectivity index is 1.25. The van der Waals surface area contributed by atoms with Gasteiger partial charge < -0.3 is 4.74 Å². The van der Waals surface area contributed by atoms with Gasteiger partial charge in [0.25, 0.3) is 0 Å². The summed E-state index contributed by atoms with van der Waals surface area (Å²) in [6.45, 7) is 5.73. The zero-order valence-corrected chi connectivity index (χ0v) is 19.3. The smallest absolute Gasteiger partial charge is 0.0575 e. The van der Waals surface area contributed by atoms with Crippen LogP contribution >= 0.6 is 0 Å². The molecule has 164 valence electrons. The van der Waals surface area contributed by atoms with Crippen molar-refractivity contribution in [1.29, 1.82) is 0 Å². The summed E-state index contributed by atoms with van der Waals surface area (Å²) >= 11 is 0. The highest BCUT2D eigenvalue weighted by Gasteiger charge is 2.31. The lowest BCUT2D eigenvalue weighted by Crippen LogP contribution is -2.30. The third-order valence-corrected chi connectivity index (χ3v) is 8.72. The maximum absolute atomic E-state index is 6.43. The minimum absolute atomic E-state index is 0.593. The molecule has 3 aliphatic carbocycles. The highest BCUT2D eigenvalue weighted by Crippen LogP contribution is 2.42. The lowest BCUT2D eigenvalue weighted by Gasteiger charge is -2.38. The second kappa shape index (κ2) is 12.6. The van der Waals surface area contributed by atoms with Gasteiger partial charge in [0.15, 0.2) is 0 Å². The molecule has 28 heavy (non-hydrogen) atoms. The third-order valence-electron chi connectivity index (χ3n) is 8.72. The Labute approximate surface area is 176 Å². The molecule has 0 radical (unpaired) electrons. The predicted molar refractivity (Wildman–Crippen MR) is 122 cm³/mol. The van der Waals surface area contributed by atoms with Crippen LogP contribution in [0, 0.1) is 29.6 Å². The Bertz CT molecular complexity index is 381. The Morgan fingerprint density at radius 2 is 1.07 bits per heavy atom. The van der Waals surface area contributed by atoms with Crippen molar-refractivity contribution in [2.75, 3.05) is 6.61 Å². The minimum Gasteiger partial charge on any atom is -0.378 e. The molecule has 3 saturated carbocycles. The van der Waals surface area contributed by atoms with E-state index in [-0.39, 0.29) is 0 Å². The normalized spacial score (nSPS) is 37.1. The molecule has 3 rings (SSSR count). The largest absolute Gasteiger partial charge is 0.378 e. The van der Waals surface area contributed by atoms with E-state index in [0.717, 1.165) is 36.2 Å². The molecular formula is C27H50O. The average Bonchev–Trinajstić information content (AvgIpc) is 2.75. The van der Waals surface area contributed by atoms with Crippen molar-refractivity contribution >= 4 is 0 Å². The average molecular weight is 391 g/mol. The number of rotatable bonds is 10. The van der Waals surface area contributed by atoms with E-state index >= 15 is 0 Å². The molecule has 0 aromatic carbocycles. The van der Waals surface area contributed by atoms with Gasteiger partial charge in [-0.05, 0) is 81.0 Å². The molecule has 0 unspecified atom stereocenters. The van der Waals surface area contributed by atoms with E-state index < -0.39 is 0 Å². The first-order valence-electron chi connectivity index (χ1n) is 13.4. The predicted octanol–water partition coefficient (Wildman–Crippen LogP) is 8.56. The van der Waals surface area contributed by atoms with E-state index in [1.54, 1.807) is 0 Å². The van der Waals surface area contributed by atoms with Crippen molar-refractivity contribution in [1.82, 2.24) is 0 Å². The molecule has 0 aliphatic heterocycles. The Kier molecular flexibility index (Phi) is 10.2. The highest BCUT2D eigenvalue weighted by atomic mass is 16.5. The topological polar surface area (TPSA) is 9.23 Å². The lowest BCUT2D eigenvalue weighted by molar-refractivity contribution is -0.0171. The van der Waals surface area contributed by atoms with Gasteiger partial charge in [0.05, 0.1) is 6.10 Å². The molecule has 1 nitrogen and oxygen atoms in total. The van der Waals surface area contributed by atoms with Crippen LogP contribution < -0.4 is 0 Å². The molecule has 3 aliphatic rings. The van der Waals surface area contributed by atoms with E-state index in [1.165, 1.54) is 116 Å². The number of unbranched alkanes of at least 4 members (excludes halogenated alkanes) is 2. The molecule has 0 spiro atoms. The fourth-order valence-corrected chi connectivity index (χ4v) is 6.73. The molecule has 0 N–H and O–H groups in total.